The molecule has 6 rings (SSSR count). The fraction of sp³-hybridized carbons (Fsp3) is 0.593. The molecule has 9 heteroatoms. The minimum Gasteiger partial charge on any atom is -0.350 e. The van der Waals surface area contributed by atoms with Crippen LogP contribution in [0.2, 0.25) is 0 Å². The monoisotopic (exact) mass is 499 g/mol. The zero-order valence-corrected chi connectivity index (χ0v) is 20.2. The number of hydrogen-bond donors (Lipinski definition) is 1. The Bertz CT molecular complexity index is 1080. The van der Waals surface area contributed by atoms with E-state index in [9.17, 15) is 18.0 Å². The second kappa shape index (κ2) is 9.32. The van der Waals surface area contributed by atoms with E-state index in [0.717, 1.165) is 25.4 Å². The molecule has 2 saturated carbocycles. The number of piperidine rings is 1. The van der Waals surface area contributed by atoms with Crippen molar-refractivity contribution in [1.29, 1.82) is 0 Å². The number of fused-ring (bicyclic) bond motifs is 1. The highest BCUT2D eigenvalue weighted by atomic mass is 19.4. The second-order valence-corrected chi connectivity index (χ2v) is 10.9. The van der Waals surface area contributed by atoms with Crippen molar-refractivity contribution >= 4 is 11.9 Å². The maximum Gasteiger partial charge on any atom is 0.433 e. The molecule has 1 amide bonds. The maximum absolute atomic E-state index is 13.2. The zero-order valence-electron chi connectivity index (χ0n) is 20.2. The summed E-state index contributed by atoms with van der Waals surface area (Å²) in [7, 11) is 0. The summed E-state index contributed by atoms with van der Waals surface area (Å²) < 4.78 is 38.8. The quantitative estimate of drug-likeness (QED) is 0.660. The first kappa shape index (κ1) is 23.7. The van der Waals surface area contributed by atoms with Gasteiger partial charge in [0.25, 0.3) is 0 Å². The molecular weight excluding hydrogens is 467 g/mol. The molecule has 0 radical (unpaired) electrons. The summed E-state index contributed by atoms with van der Waals surface area (Å²) in [6.07, 6.45) is 2.23. The highest BCUT2D eigenvalue weighted by Gasteiger charge is 2.61. The van der Waals surface area contributed by atoms with Crippen LogP contribution in [0.5, 0.6) is 0 Å². The molecule has 4 atom stereocenters. The molecule has 192 valence electrons. The molecule has 6 nitrogen and oxygen atoms in total. The van der Waals surface area contributed by atoms with Gasteiger partial charge in [0.2, 0.25) is 11.9 Å². The number of halogens is 3. The Labute approximate surface area is 209 Å². The van der Waals surface area contributed by atoms with Crippen molar-refractivity contribution in [3.63, 3.8) is 0 Å². The van der Waals surface area contributed by atoms with Gasteiger partial charge in [-0.2, -0.15) is 13.2 Å². The first-order valence-electron chi connectivity index (χ1n) is 13.1. The Balaban J connectivity index is 0.965. The molecule has 2 aliphatic heterocycles. The molecule has 3 heterocycles. The van der Waals surface area contributed by atoms with Crippen molar-refractivity contribution in [2.24, 2.45) is 17.8 Å². The number of benzene rings is 1. The molecule has 1 aromatic heterocycles. The summed E-state index contributed by atoms with van der Waals surface area (Å²) in [5.41, 5.74) is 0.499. The molecule has 4 fully saturated rings. The summed E-state index contributed by atoms with van der Waals surface area (Å²) >= 11 is 0. The van der Waals surface area contributed by atoms with Crippen LogP contribution in [0.3, 0.4) is 0 Å². The predicted octanol–water partition coefficient (Wildman–Crippen LogP) is 4.41. The third-order valence-electron chi connectivity index (χ3n) is 8.77. The topological polar surface area (TPSA) is 61.4 Å². The van der Waals surface area contributed by atoms with Crippen molar-refractivity contribution in [1.82, 2.24) is 19.8 Å². The molecule has 1 aromatic carbocycles. The Morgan fingerprint density at radius 1 is 0.944 bits per heavy atom. The number of alkyl halides is 3. The van der Waals surface area contributed by atoms with Gasteiger partial charge in [0.1, 0.15) is 5.69 Å². The number of likely N-dealkylation sites (tertiary alicyclic amines) is 2. The number of amides is 1. The molecule has 2 saturated heterocycles. The van der Waals surface area contributed by atoms with Crippen LogP contribution in [0.1, 0.15) is 49.3 Å². The van der Waals surface area contributed by atoms with E-state index >= 15 is 0 Å². The molecule has 2 aromatic rings. The molecule has 0 spiro atoms. The van der Waals surface area contributed by atoms with E-state index in [1.54, 1.807) is 0 Å². The molecule has 4 aliphatic rings. The summed E-state index contributed by atoms with van der Waals surface area (Å²) in [5, 5.41) is 2.99. The summed E-state index contributed by atoms with van der Waals surface area (Å²) in [6.45, 7) is 3.16. The molecular formula is C27H32F3N5O. The average Bonchev–Trinajstić information content (AvgIpc) is 3.20. The fourth-order valence-electron chi connectivity index (χ4n) is 6.78. The van der Waals surface area contributed by atoms with E-state index in [1.807, 2.05) is 4.90 Å². The van der Waals surface area contributed by atoms with E-state index in [0.29, 0.717) is 43.3 Å². The smallest absolute Gasteiger partial charge is 0.350 e. The number of carbonyl (C=O) groups is 1. The third kappa shape index (κ3) is 4.69. The minimum absolute atomic E-state index is 0.0370. The summed E-state index contributed by atoms with van der Waals surface area (Å²) in [5.74, 6) is 1.89. The number of nitrogens with one attached hydrogen (secondary N) is 1. The second-order valence-electron chi connectivity index (χ2n) is 10.9. The first-order valence-corrected chi connectivity index (χ1v) is 13.1. The SMILES string of the molecule is O=C(C1[C@H]2CN(C3CCC(c4ccccc4)CC3)C[C@@H]12)N1CC[C@@H](Nc2nccc(C(F)(F)F)n2)C1. The van der Waals surface area contributed by atoms with E-state index in [1.165, 1.54) is 31.2 Å². The van der Waals surface area contributed by atoms with Gasteiger partial charge in [-0.15, -0.1) is 0 Å². The van der Waals surface area contributed by atoms with E-state index in [4.69, 9.17) is 0 Å². The lowest BCUT2D eigenvalue weighted by Gasteiger charge is -2.36. The number of hydrogen-bond acceptors (Lipinski definition) is 5. The van der Waals surface area contributed by atoms with Gasteiger partial charge in [0.15, 0.2) is 0 Å². The lowest BCUT2D eigenvalue weighted by molar-refractivity contribution is -0.141. The molecule has 1 unspecified atom stereocenters. The van der Waals surface area contributed by atoms with Gasteiger partial charge in [-0.3, -0.25) is 9.69 Å². The largest absolute Gasteiger partial charge is 0.433 e. The Morgan fingerprint density at radius 3 is 2.36 bits per heavy atom. The van der Waals surface area contributed by atoms with E-state index in [-0.39, 0.29) is 23.8 Å². The van der Waals surface area contributed by atoms with Gasteiger partial charge >= 0.3 is 6.18 Å². The van der Waals surface area contributed by atoms with Crippen LogP contribution in [0.15, 0.2) is 42.6 Å². The maximum atomic E-state index is 13.2. The van der Waals surface area contributed by atoms with Crippen LogP contribution in [-0.2, 0) is 11.0 Å². The Kier molecular flexibility index (Phi) is 6.14. The number of anilines is 1. The number of carbonyl (C=O) groups excluding carboxylic acids is 1. The van der Waals surface area contributed by atoms with Crippen LogP contribution in [-0.4, -0.2) is 63.9 Å². The molecule has 0 bridgehead atoms. The summed E-state index contributed by atoms with van der Waals surface area (Å²) in [4.78, 5) is 25.2. The van der Waals surface area contributed by atoms with Crippen LogP contribution >= 0.6 is 0 Å². The minimum atomic E-state index is -4.50. The normalized spacial score (nSPS) is 32.4. The highest BCUT2D eigenvalue weighted by molar-refractivity contribution is 5.83. The van der Waals surface area contributed by atoms with Crippen molar-refractivity contribution in [2.75, 3.05) is 31.5 Å². The molecule has 1 N–H and O–H groups in total. The highest BCUT2D eigenvalue weighted by Crippen LogP contribution is 2.54. The first-order chi connectivity index (χ1) is 17.4. The lowest BCUT2D eigenvalue weighted by atomic mass is 9.81. The molecule has 36 heavy (non-hydrogen) atoms. The van der Waals surface area contributed by atoms with Crippen LogP contribution in [0.4, 0.5) is 19.1 Å². The zero-order chi connectivity index (χ0) is 24.9. The predicted molar refractivity (Wildman–Crippen MR) is 129 cm³/mol. The van der Waals surface area contributed by atoms with Gasteiger partial charge in [-0.1, -0.05) is 30.3 Å². The van der Waals surface area contributed by atoms with Crippen molar-refractivity contribution in [3.8, 4) is 0 Å². The van der Waals surface area contributed by atoms with Crippen LogP contribution < -0.4 is 5.32 Å². The summed E-state index contributed by atoms with van der Waals surface area (Å²) in [6, 6.07) is 12.2. The van der Waals surface area contributed by atoms with Crippen molar-refractivity contribution in [2.45, 2.75) is 56.3 Å². The third-order valence-corrected chi connectivity index (χ3v) is 8.77. The Hall–Kier alpha value is -2.68. The van der Waals surface area contributed by atoms with E-state index < -0.39 is 11.9 Å². The van der Waals surface area contributed by atoms with Gasteiger partial charge in [0.05, 0.1) is 0 Å². The Morgan fingerprint density at radius 2 is 1.67 bits per heavy atom. The van der Waals surface area contributed by atoms with Gasteiger partial charge in [-0.05, 0) is 61.5 Å². The van der Waals surface area contributed by atoms with Crippen molar-refractivity contribution in [3.05, 3.63) is 53.9 Å². The van der Waals surface area contributed by atoms with Crippen LogP contribution in [0.25, 0.3) is 0 Å². The fourth-order valence-corrected chi connectivity index (χ4v) is 6.78. The number of nitrogens with zero attached hydrogens (tertiary/aromatic N) is 4. The van der Waals surface area contributed by atoms with Gasteiger partial charge in [0, 0.05) is 50.4 Å². The van der Waals surface area contributed by atoms with Crippen molar-refractivity contribution < 1.29 is 18.0 Å². The molecule has 2 aliphatic carbocycles. The van der Waals surface area contributed by atoms with Crippen LogP contribution in [0, 0.1) is 17.8 Å². The van der Waals surface area contributed by atoms with Gasteiger partial charge in [-0.25, -0.2) is 9.97 Å². The lowest BCUT2D eigenvalue weighted by Crippen LogP contribution is -2.40. The number of aromatic nitrogens is 2. The van der Waals surface area contributed by atoms with E-state index in [2.05, 4.69) is 50.5 Å². The average molecular weight is 500 g/mol. The standard InChI is InChI=1S/C27H32F3N5O/c28-27(29,30)23-10-12-31-26(33-23)32-19-11-13-34(14-19)25(36)24-21-15-35(16-22(21)24)20-8-6-18(7-9-20)17-4-2-1-3-5-17/h1-5,10,12,18-22,24H,6-9,11,13-16H2,(H,31,32,33)/t18?,19-,20?,21-,22+,24?/m1/s1. The number of rotatable bonds is 5. The van der Waals surface area contributed by atoms with Gasteiger partial charge < -0.3 is 10.2 Å².